The Balaban J connectivity index is 2.79. The van der Waals surface area contributed by atoms with Gasteiger partial charge in [0, 0.05) is 6.54 Å². The summed E-state index contributed by atoms with van der Waals surface area (Å²) in [4.78, 5) is 20.3. The quantitative estimate of drug-likeness (QED) is 0.855. The summed E-state index contributed by atoms with van der Waals surface area (Å²) in [5, 5.41) is 12.2. The molecule has 0 unspecified atom stereocenters. The lowest BCUT2D eigenvalue weighted by Crippen LogP contribution is -2.09. The summed E-state index contributed by atoms with van der Waals surface area (Å²) in [5.41, 5.74) is 3.60. The Morgan fingerprint density at radius 2 is 2.38 bits per heavy atom. The number of aromatic carboxylic acids is 1. The van der Waals surface area contributed by atoms with E-state index in [0.717, 1.165) is 4.83 Å². The zero-order valence-electron chi connectivity index (χ0n) is 8.94. The first-order valence-corrected chi connectivity index (χ1v) is 5.74. The second kappa shape index (κ2) is 4.05. The molecule has 0 fully saturated rings. The van der Waals surface area contributed by atoms with Gasteiger partial charge in [-0.25, -0.2) is 14.8 Å². The molecule has 0 aliphatic heterocycles. The minimum atomic E-state index is -0.976. The maximum atomic E-state index is 11.2. The number of rotatable bonds is 3. The highest BCUT2D eigenvalue weighted by molar-refractivity contribution is 7.16. The maximum Gasteiger partial charge on any atom is 0.339 e. The van der Waals surface area contributed by atoms with Crippen molar-refractivity contribution in [1.82, 2.24) is 9.97 Å². The average molecular weight is 237 g/mol. The number of aromatic nitrogens is 2. The molecule has 2 rings (SSSR count). The van der Waals surface area contributed by atoms with Crippen LogP contribution < -0.4 is 5.32 Å². The second-order valence-corrected chi connectivity index (χ2v) is 4.12. The van der Waals surface area contributed by atoms with E-state index in [1.165, 1.54) is 11.3 Å². The van der Waals surface area contributed by atoms with E-state index in [9.17, 15) is 4.79 Å². The van der Waals surface area contributed by atoms with Crippen molar-refractivity contribution in [3.8, 4) is 0 Å². The van der Waals surface area contributed by atoms with Crippen LogP contribution in [0.5, 0.6) is 0 Å². The number of carboxylic acids is 1. The molecule has 5 nitrogen and oxygen atoms in total. The third kappa shape index (κ3) is 1.61. The molecule has 6 heteroatoms. The number of pyridine rings is 1. The number of thiazole rings is 1. The van der Waals surface area contributed by atoms with E-state index in [0.29, 0.717) is 23.4 Å². The normalized spacial score (nSPS) is 10.6. The fourth-order valence-electron chi connectivity index (χ4n) is 1.61. The van der Waals surface area contributed by atoms with E-state index in [1.54, 1.807) is 12.4 Å². The monoisotopic (exact) mass is 237 g/mol. The van der Waals surface area contributed by atoms with Crippen LogP contribution in [0.4, 0.5) is 5.69 Å². The summed E-state index contributed by atoms with van der Waals surface area (Å²) >= 11 is 1.41. The van der Waals surface area contributed by atoms with Gasteiger partial charge in [-0.3, -0.25) is 0 Å². The molecule has 0 bridgehead atoms. The van der Waals surface area contributed by atoms with Gasteiger partial charge in [0.05, 0.1) is 16.9 Å². The molecule has 0 saturated heterocycles. The van der Waals surface area contributed by atoms with Crippen LogP contribution in [0.15, 0.2) is 5.51 Å². The first-order valence-electron chi connectivity index (χ1n) is 4.86. The second-order valence-electron chi connectivity index (χ2n) is 3.29. The van der Waals surface area contributed by atoms with Crippen LogP contribution in [0.1, 0.15) is 23.0 Å². The van der Waals surface area contributed by atoms with Gasteiger partial charge in [0.2, 0.25) is 0 Å². The number of carboxylic acid groups (broad SMARTS) is 1. The first-order chi connectivity index (χ1) is 7.65. The molecule has 0 atom stereocenters. The summed E-state index contributed by atoms with van der Waals surface area (Å²) in [7, 11) is 0. The predicted molar refractivity (Wildman–Crippen MR) is 63.3 cm³/mol. The summed E-state index contributed by atoms with van der Waals surface area (Å²) in [5.74, 6) is -0.976. The van der Waals surface area contributed by atoms with Crippen molar-refractivity contribution in [2.45, 2.75) is 13.8 Å². The smallest absolute Gasteiger partial charge is 0.339 e. The lowest BCUT2D eigenvalue weighted by Gasteiger charge is -2.10. The fraction of sp³-hybridized carbons (Fsp3) is 0.300. The van der Waals surface area contributed by atoms with Crippen molar-refractivity contribution in [2.24, 2.45) is 0 Å². The Hall–Kier alpha value is -1.69. The molecule has 0 radical (unpaired) electrons. The Labute approximate surface area is 96.2 Å². The van der Waals surface area contributed by atoms with Crippen LogP contribution in [0.25, 0.3) is 10.3 Å². The number of nitrogens with one attached hydrogen (secondary N) is 1. The van der Waals surface area contributed by atoms with Gasteiger partial charge in [0.1, 0.15) is 15.9 Å². The molecule has 0 spiro atoms. The van der Waals surface area contributed by atoms with Crippen LogP contribution in [-0.4, -0.2) is 27.6 Å². The van der Waals surface area contributed by atoms with E-state index in [-0.39, 0.29) is 5.56 Å². The minimum absolute atomic E-state index is 0.209. The van der Waals surface area contributed by atoms with Crippen molar-refractivity contribution in [2.75, 3.05) is 11.9 Å². The van der Waals surface area contributed by atoms with Gasteiger partial charge in [0.25, 0.3) is 0 Å². The van der Waals surface area contributed by atoms with Crippen molar-refractivity contribution in [3.05, 3.63) is 16.8 Å². The molecule has 0 aromatic carbocycles. The molecule has 2 aromatic rings. The summed E-state index contributed by atoms with van der Waals surface area (Å²) in [6.07, 6.45) is 0. The van der Waals surface area contributed by atoms with Crippen LogP contribution in [0.3, 0.4) is 0 Å². The highest BCUT2D eigenvalue weighted by atomic mass is 32.1. The molecule has 0 saturated carbocycles. The number of fused-ring (bicyclic) bond motifs is 1. The number of aryl methyl sites for hydroxylation is 1. The summed E-state index contributed by atoms with van der Waals surface area (Å²) in [6, 6.07) is 0. The zero-order valence-corrected chi connectivity index (χ0v) is 9.76. The zero-order chi connectivity index (χ0) is 11.7. The number of hydrogen-bond donors (Lipinski definition) is 2. The molecule has 2 heterocycles. The van der Waals surface area contributed by atoms with E-state index < -0.39 is 5.97 Å². The molecule has 0 amide bonds. The van der Waals surface area contributed by atoms with Gasteiger partial charge in [-0.1, -0.05) is 0 Å². The predicted octanol–water partition coefficient (Wildman–Crippen LogP) is 2.13. The van der Waals surface area contributed by atoms with Crippen molar-refractivity contribution in [3.63, 3.8) is 0 Å². The topological polar surface area (TPSA) is 75.1 Å². The van der Waals surface area contributed by atoms with Crippen molar-refractivity contribution >= 4 is 33.3 Å². The number of nitrogens with zero attached hydrogens (tertiary/aromatic N) is 2. The van der Waals surface area contributed by atoms with Crippen LogP contribution in [0, 0.1) is 6.92 Å². The van der Waals surface area contributed by atoms with Crippen molar-refractivity contribution < 1.29 is 9.90 Å². The molecule has 0 aliphatic carbocycles. The standard InChI is InChI=1S/C10H11N3O2S/c1-3-11-7-6(10(14)15)5(2)13-9-8(7)12-4-16-9/h4H,3H2,1-2H3,(H,11,13)(H,14,15). The van der Waals surface area contributed by atoms with E-state index in [2.05, 4.69) is 15.3 Å². The van der Waals surface area contributed by atoms with Crippen LogP contribution >= 0.6 is 11.3 Å². The first kappa shape index (κ1) is 10.8. The number of carbonyl (C=O) groups is 1. The van der Waals surface area contributed by atoms with Gasteiger partial charge < -0.3 is 10.4 Å². The number of hydrogen-bond acceptors (Lipinski definition) is 5. The lowest BCUT2D eigenvalue weighted by atomic mass is 10.1. The minimum Gasteiger partial charge on any atom is -0.478 e. The van der Waals surface area contributed by atoms with Gasteiger partial charge in [0.15, 0.2) is 0 Å². The SMILES string of the molecule is CCNc1c(C(=O)O)c(C)nc2scnc12. The summed E-state index contributed by atoms with van der Waals surface area (Å²) < 4.78 is 0. The van der Waals surface area contributed by atoms with Gasteiger partial charge in [-0.05, 0) is 13.8 Å². The largest absolute Gasteiger partial charge is 0.478 e. The molecular formula is C10H11N3O2S. The lowest BCUT2D eigenvalue weighted by molar-refractivity contribution is 0.0697. The Morgan fingerprint density at radius 1 is 1.62 bits per heavy atom. The third-order valence-electron chi connectivity index (χ3n) is 2.23. The Bertz CT molecular complexity index is 550. The maximum absolute atomic E-state index is 11.2. The van der Waals surface area contributed by atoms with Crippen molar-refractivity contribution in [1.29, 1.82) is 0 Å². The molecule has 84 valence electrons. The Morgan fingerprint density at radius 3 is 3.00 bits per heavy atom. The Kier molecular flexibility index (Phi) is 2.74. The van der Waals surface area contributed by atoms with E-state index >= 15 is 0 Å². The molecular weight excluding hydrogens is 226 g/mol. The van der Waals surface area contributed by atoms with Crippen LogP contribution in [0.2, 0.25) is 0 Å². The number of anilines is 1. The highest BCUT2D eigenvalue weighted by Crippen LogP contribution is 2.29. The molecule has 16 heavy (non-hydrogen) atoms. The van der Waals surface area contributed by atoms with Crippen LogP contribution in [-0.2, 0) is 0 Å². The van der Waals surface area contributed by atoms with E-state index in [1.807, 2.05) is 6.92 Å². The fourth-order valence-corrected chi connectivity index (χ4v) is 2.32. The molecule has 2 aromatic heterocycles. The van der Waals surface area contributed by atoms with Gasteiger partial charge >= 0.3 is 5.97 Å². The average Bonchev–Trinajstić information content (AvgIpc) is 2.64. The van der Waals surface area contributed by atoms with Gasteiger partial charge in [-0.15, -0.1) is 11.3 Å². The molecule has 0 aliphatic rings. The highest BCUT2D eigenvalue weighted by Gasteiger charge is 2.19. The third-order valence-corrected chi connectivity index (χ3v) is 2.95. The van der Waals surface area contributed by atoms with E-state index in [4.69, 9.17) is 5.11 Å². The molecule has 2 N–H and O–H groups in total. The summed E-state index contributed by atoms with van der Waals surface area (Å²) in [6.45, 7) is 4.26. The van der Waals surface area contributed by atoms with Gasteiger partial charge in [-0.2, -0.15) is 0 Å².